The molecule has 0 saturated carbocycles. The molecule has 0 fully saturated rings. The van der Waals surface area contributed by atoms with Crippen molar-refractivity contribution >= 4 is 34.9 Å². The molecule has 1 amide bonds. The lowest BCUT2D eigenvalue weighted by Gasteiger charge is -2.08. The van der Waals surface area contributed by atoms with Crippen molar-refractivity contribution in [2.45, 2.75) is 6.92 Å². The van der Waals surface area contributed by atoms with Gasteiger partial charge in [-0.1, -0.05) is 12.1 Å². The summed E-state index contributed by atoms with van der Waals surface area (Å²) in [4.78, 5) is 22.4. The van der Waals surface area contributed by atoms with Crippen LogP contribution < -0.4 is 10.6 Å². The van der Waals surface area contributed by atoms with Crippen LogP contribution in [0.2, 0.25) is 0 Å². The van der Waals surface area contributed by atoms with E-state index in [2.05, 4.69) is 15.4 Å². The summed E-state index contributed by atoms with van der Waals surface area (Å²) in [5.41, 5.74) is 0.146. The van der Waals surface area contributed by atoms with Gasteiger partial charge in [0.15, 0.2) is 5.11 Å². The van der Waals surface area contributed by atoms with Crippen LogP contribution in [-0.2, 0) is 14.3 Å². The van der Waals surface area contributed by atoms with E-state index in [1.807, 2.05) is 0 Å². The van der Waals surface area contributed by atoms with Crippen LogP contribution in [0.5, 0.6) is 0 Å². The fourth-order valence-electron chi connectivity index (χ4n) is 1.20. The van der Waals surface area contributed by atoms with Crippen molar-refractivity contribution in [3.05, 3.63) is 42.2 Å². The number of thiocarbonyl (C=S) groups is 1. The van der Waals surface area contributed by atoms with Crippen LogP contribution >= 0.6 is 12.2 Å². The predicted molar refractivity (Wildman–Crippen MR) is 76.5 cm³/mol. The highest BCUT2D eigenvalue weighted by atomic mass is 32.1. The van der Waals surface area contributed by atoms with E-state index in [0.29, 0.717) is 0 Å². The van der Waals surface area contributed by atoms with E-state index in [1.54, 1.807) is 13.0 Å². The zero-order valence-electron chi connectivity index (χ0n) is 10.7. The maximum atomic E-state index is 13.3. The van der Waals surface area contributed by atoms with Gasteiger partial charge in [0.2, 0.25) is 5.91 Å². The Kier molecular flexibility index (Phi) is 6.31. The average Bonchev–Trinajstić information content (AvgIpc) is 2.39. The summed E-state index contributed by atoms with van der Waals surface area (Å²) in [7, 11) is 0. The van der Waals surface area contributed by atoms with Gasteiger partial charge in [-0.05, 0) is 31.3 Å². The van der Waals surface area contributed by atoms with Gasteiger partial charge in [-0.3, -0.25) is 10.1 Å². The molecule has 0 aliphatic rings. The molecule has 0 unspecified atom stereocenters. The molecule has 1 aromatic carbocycles. The summed E-state index contributed by atoms with van der Waals surface area (Å²) < 4.78 is 17.9. The minimum atomic E-state index is -0.629. The number of nitrogens with one attached hydrogen (secondary N) is 2. The largest absolute Gasteiger partial charge is 0.463 e. The van der Waals surface area contributed by atoms with Gasteiger partial charge in [0.25, 0.3) is 0 Å². The predicted octanol–water partition coefficient (Wildman–Crippen LogP) is 1.76. The fraction of sp³-hybridized carbons (Fsp3) is 0.154. The van der Waals surface area contributed by atoms with Crippen molar-refractivity contribution in [1.82, 2.24) is 5.32 Å². The van der Waals surface area contributed by atoms with Crippen LogP contribution in [0.4, 0.5) is 10.1 Å². The molecular weight excluding hydrogens is 283 g/mol. The van der Waals surface area contributed by atoms with E-state index >= 15 is 0 Å². The summed E-state index contributed by atoms with van der Waals surface area (Å²) in [5, 5.41) is 4.73. The zero-order chi connectivity index (χ0) is 15.0. The van der Waals surface area contributed by atoms with Crippen LogP contribution in [0.25, 0.3) is 0 Å². The number of esters is 1. The number of hydrogen-bond donors (Lipinski definition) is 2. The van der Waals surface area contributed by atoms with Gasteiger partial charge in [-0.15, -0.1) is 0 Å². The second-order valence-corrected chi connectivity index (χ2v) is 3.92. The van der Waals surface area contributed by atoms with Crippen LogP contribution in [0.15, 0.2) is 36.4 Å². The Labute approximate surface area is 120 Å². The molecule has 0 heterocycles. The zero-order valence-corrected chi connectivity index (χ0v) is 11.5. The highest BCUT2D eigenvalue weighted by Crippen LogP contribution is 2.11. The van der Waals surface area contributed by atoms with E-state index in [1.165, 1.54) is 18.2 Å². The summed E-state index contributed by atoms with van der Waals surface area (Å²) in [6.45, 7) is 1.87. The average molecular weight is 296 g/mol. The van der Waals surface area contributed by atoms with Crippen molar-refractivity contribution in [3.8, 4) is 0 Å². The molecule has 0 aliphatic heterocycles. The summed E-state index contributed by atoms with van der Waals surface area (Å²) in [5.74, 6) is -1.74. The minimum absolute atomic E-state index is 0.0754. The number of rotatable bonds is 4. The van der Waals surface area contributed by atoms with Gasteiger partial charge in [0, 0.05) is 12.2 Å². The number of benzene rings is 1. The van der Waals surface area contributed by atoms with Crippen molar-refractivity contribution in [2.75, 3.05) is 11.9 Å². The van der Waals surface area contributed by atoms with Crippen molar-refractivity contribution < 1.29 is 18.7 Å². The molecule has 0 aliphatic carbocycles. The van der Waals surface area contributed by atoms with Crippen LogP contribution in [0.1, 0.15) is 6.92 Å². The Morgan fingerprint density at radius 1 is 1.35 bits per heavy atom. The first-order valence-corrected chi connectivity index (χ1v) is 6.15. The molecule has 0 bridgehead atoms. The Morgan fingerprint density at radius 2 is 2.05 bits per heavy atom. The highest BCUT2D eigenvalue weighted by Gasteiger charge is 2.05. The minimum Gasteiger partial charge on any atom is -0.463 e. The molecule has 0 aromatic heterocycles. The third-order valence-corrected chi connectivity index (χ3v) is 2.22. The van der Waals surface area contributed by atoms with Gasteiger partial charge >= 0.3 is 5.97 Å². The molecule has 20 heavy (non-hydrogen) atoms. The lowest BCUT2D eigenvalue weighted by atomic mass is 10.3. The van der Waals surface area contributed by atoms with E-state index < -0.39 is 17.7 Å². The van der Waals surface area contributed by atoms with Gasteiger partial charge in [-0.25, -0.2) is 9.18 Å². The molecule has 0 atom stereocenters. The Bertz CT molecular complexity index is 546. The summed E-state index contributed by atoms with van der Waals surface area (Å²) in [6, 6.07) is 5.89. The number of ether oxygens (including phenoxy) is 1. The molecule has 1 aromatic rings. The molecule has 5 nitrogen and oxygen atoms in total. The third kappa shape index (κ3) is 5.57. The topological polar surface area (TPSA) is 67.4 Å². The van der Waals surface area contributed by atoms with Gasteiger partial charge in [-0.2, -0.15) is 0 Å². The van der Waals surface area contributed by atoms with Crippen molar-refractivity contribution in [3.63, 3.8) is 0 Å². The first kappa shape index (κ1) is 15.8. The number of halogens is 1. The third-order valence-electron chi connectivity index (χ3n) is 2.02. The Balaban J connectivity index is 2.48. The van der Waals surface area contributed by atoms with Crippen molar-refractivity contribution in [1.29, 1.82) is 0 Å². The first-order valence-electron chi connectivity index (χ1n) is 5.74. The first-order chi connectivity index (χ1) is 9.52. The number of amides is 1. The fourth-order valence-corrected chi connectivity index (χ4v) is 1.41. The number of anilines is 1. The number of hydrogen-bond acceptors (Lipinski definition) is 4. The molecule has 0 saturated heterocycles. The normalized spacial score (nSPS) is 10.1. The molecule has 0 radical (unpaired) electrons. The quantitative estimate of drug-likeness (QED) is 0.503. The molecule has 0 spiro atoms. The van der Waals surface area contributed by atoms with Gasteiger partial charge in [0.05, 0.1) is 12.3 Å². The van der Waals surface area contributed by atoms with E-state index in [-0.39, 0.29) is 17.4 Å². The molecule has 7 heteroatoms. The van der Waals surface area contributed by atoms with Crippen LogP contribution in [-0.4, -0.2) is 23.6 Å². The van der Waals surface area contributed by atoms with E-state index in [4.69, 9.17) is 12.2 Å². The lowest BCUT2D eigenvalue weighted by Crippen LogP contribution is -2.33. The Morgan fingerprint density at radius 3 is 2.70 bits per heavy atom. The standard InChI is InChI=1S/C13H13FN2O3S/c1-2-19-12(18)8-7-11(17)16-13(20)15-10-6-4-3-5-9(10)14/h3-8H,2H2,1H3,(H2,15,16,17,20)/b8-7+. The van der Waals surface area contributed by atoms with E-state index in [0.717, 1.165) is 12.2 Å². The summed E-state index contributed by atoms with van der Waals surface area (Å²) >= 11 is 4.84. The maximum Gasteiger partial charge on any atom is 0.330 e. The molecular formula is C13H13FN2O3S. The monoisotopic (exact) mass is 296 g/mol. The van der Waals surface area contributed by atoms with Crippen molar-refractivity contribution in [2.24, 2.45) is 0 Å². The Hall–Kier alpha value is -2.28. The highest BCUT2D eigenvalue weighted by molar-refractivity contribution is 7.80. The second kappa shape index (κ2) is 8.00. The molecule has 2 N–H and O–H groups in total. The van der Waals surface area contributed by atoms with Crippen LogP contribution in [0, 0.1) is 5.82 Å². The number of carbonyl (C=O) groups is 2. The number of carbonyl (C=O) groups excluding carboxylic acids is 2. The van der Waals surface area contributed by atoms with Gasteiger partial charge in [0.1, 0.15) is 5.82 Å². The van der Waals surface area contributed by atoms with Gasteiger partial charge < -0.3 is 10.1 Å². The van der Waals surface area contributed by atoms with Crippen LogP contribution in [0.3, 0.4) is 0 Å². The smallest absolute Gasteiger partial charge is 0.330 e. The second-order valence-electron chi connectivity index (χ2n) is 3.51. The van der Waals surface area contributed by atoms with E-state index in [9.17, 15) is 14.0 Å². The molecule has 1 rings (SSSR count). The lowest BCUT2D eigenvalue weighted by molar-refractivity contribution is -0.137. The summed E-state index contributed by atoms with van der Waals surface area (Å²) in [6.07, 6.45) is 1.96. The molecule has 106 valence electrons. The maximum absolute atomic E-state index is 13.3. The SMILES string of the molecule is CCOC(=O)/C=C/C(=O)NC(=S)Nc1ccccc1F. The number of para-hydroxylation sites is 1.